The summed E-state index contributed by atoms with van der Waals surface area (Å²) in [6, 6.07) is 0. The molecule has 8 heteroatoms. The molecule has 3 rings (SSSR count). The number of aryl methyl sites for hydroxylation is 1. The van der Waals surface area contributed by atoms with Crippen LogP contribution < -0.4 is 5.73 Å². The van der Waals surface area contributed by atoms with Crippen LogP contribution in [0.5, 0.6) is 0 Å². The van der Waals surface area contributed by atoms with Crippen LogP contribution in [0.1, 0.15) is 19.2 Å². The number of imidazole rings is 1. The number of rotatable bonds is 3. The lowest BCUT2D eigenvalue weighted by molar-refractivity contribution is 0.790. The fourth-order valence-corrected chi connectivity index (χ4v) is 1.77. The number of aromatic amines is 1. The van der Waals surface area contributed by atoms with Gasteiger partial charge in [-0.2, -0.15) is 9.67 Å². The highest BCUT2D eigenvalue weighted by Crippen LogP contribution is 2.16. The van der Waals surface area contributed by atoms with Crippen LogP contribution in [-0.4, -0.2) is 34.7 Å². The van der Waals surface area contributed by atoms with Crippen molar-refractivity contribution in [1.29, 1.82) is 0 Å². The molecule has 0 fully saturated rings. The number of hydrogen-bond acceptors (Lipinski definition) is 6. The lowest BCUT2D eigenvalue weighted by Crippen LogP contribution is -2.06. The number of hydrogen-bond donors (Lipinski definition) is 2. The highest BCUT2D eigenvalue weighted by atomic mass is 15.4. The summed E-state index contributed by atoms with van der Waals surface area (Å²) in [5, 5.41) is 4.34. The average molecular weight is 244 g/mol. The molecule has 0 aliphatic carbocycles. The number of nitrogens with zero attached hydrogens (tertiary/aromatic N) is 6. The van der Waals surface area contributed by atoms with E-state index >= 15 is 0 Å². The van der Waals surface area contributed by atoms with E-state index in [9.17, 15) is 0 Å². The Hall–Kier alpha value is -2.51. The molecular weight excluding hydrogens is 232 g/mol. The summed E-state index contributed by atoms with van der Waals surface area (Å²) in [7, 11) is 0. The van der Waals surface area contributed by atoms with Crippen LogP contribution in [0.4, 0.5) is 5.95 Å². The zero-order valence-electron chi connectivity index (χ0n) is 9.83. The molecule has 0 aromatic carbocycles. The lowest BCUT2D eigenvalue weighted by atomic mass is 10.3. The molecule has 0 saturated carbocycles. The molecule has 3 heterocycles. The average Bonchev–Trinajstić information content (AvgIpc) is 2.95. The second kappa shape index (κ2) is 4.06. The van der Waals surface area contributed by atoms with Gasteiger partial charge in [-0.3, -0.25) is 0 Å². The predicted molar refractivity (Wildman–Crippen MR) is 65.0 cm³/mol. The van der Waals surface area contributed by atoms with Gasteiger partial charge in [-0.1, -0.05) is 6.92 Å². The molecule has 3 aromatic rings. The van der Waals surface area contributed by atoms with Gasteiger partial charge in [-0.05, 0) is 6.42 Å². The molecule has 0 saturated heterocycles. The van der Waals surface area contributed by atoms with Crippen molar-refractivity contribution in [2.24, 2.45) is 0 Å². The van der Waals surface area contributed by atoms with Gasteiger partial charge in [0, 0.05) is 6.42 Å². The van der Waals surface area contributed by atoms with Crippen molar-refractivity contribution in [3.8, 4) is 5.82 Å². The van der Waals surface area contributed by atoms with E-state index in [1.54, 1.807) is 6.33 Å². The van der Waals surface area contributed by atoms with Gasteiger partial charge in [-0.15, -0.1) is 5.10 Å². The Kier molecular flexibility index (Phi) is 2.40. The molecule has 0 bridgehead atoms. The summed E-state index contributed by atoms with van der Waals surface area (Å²) < 4.78 is 1.51. The highest BCUT2D eigenvalue weighted by molar-refractivity contribution is 5.77. The van der Waals surface area contributed by atoms with Gasteiger partial charge in [0.25, 0.3) is 0 Å². The van der Waals surface area contributed by atoms with Gasteiger partial charge < -0.3 is 10.7 Å². The van der Waals surface area contributed by atoms with Crippen LogP contribution in [-0.2, 0) is 6.42 Å². The zero-order valence-corrected chi connectivity index (χ0v) is 9.83. The Balaban J connectivity index is 2.16. The fourth-order valence-electron chi connectivity index (χ4n) is 1.77. The summed E-state index contributed by atoms with van der Waals surface area (Å²) in [6.45, 7) is 2.06. The number of fused-ring (bicyclic) bond motifs is 1. The summed E-state index contributed by atoms with van der Waals surface area (Å²) in [6.07, 6.45) is 4.74. The molecule has 8 nitrogen and oxygen atoms in total. The van der Waals surface area contributed by atoms with E-state index in [4.69, 9.17) is 5.73 Å². The van der Waals surface area contributed by atoms with E-state index < -0.39 is 0 Å². The minimum Gasteiger partial charge on any atom is -0.368 e. The monoisotopic (exact) mass is 244 g/mol. The maximum atomic E-state index is 5.86. The summed E-state index contributed by atoms with van der Waals surface area (Å²) >= 11 is 0. The minimum atomic E-state index is 0.313. The lowest BCUT2D eigenvalue weighted by Gasteiger charge is -2.01. The molecular formula is C10H12N8. The first-order valence-electron chi connectivity index (χ1n) is 5.65. The largest absolute Gasteiger partial charge is 0.368 e. The van der Waals surface area contributed by atoms with Crippen LogP contribution in [0.2, 0.25) is 0 Å². The van der Waals surface area contributed by atoms with Crippen molar-refractivity contribution in [3.05, 3.63) is 18.5 Å². The Bertz CT molecular complexity index is 682. The number of aromatic nitrogens is 7. The van der Waals surface area contributed by atoms with Gasteiger partial charge in [0.05, 0.1) is 6.33 Å². The second-order valence-corrected chi connectivity index (χ2v) is 3.85. The molecule has 3 aromatic heterocycles. The normalized spacial score (nSPS) is 11.2. The van der Waals surface area contributed by atoms with E-state index in [-0.39, 0.29) is 0 Å². The Morgan fingerprint density at radius 2 is 2.22 bits per heavy atom. The molecule has 0 aliphatic rings. The van der Waals surface area contributed by atoms with Gasteiger partial charge in [0.15, 0.2) is 17.3 Å². The van der Waals surface area contributed by atoms with E-state index in [2.05, 4.69) is 36.9 Å². The number of H-pyrrole nitrogens is 1. The third-order valence-electron chi connectivity index (χ3n) is 2.55. The van der Waals surface area contributed by atoms with Crippen LogP contribution in [0.3, 0.4) is 0 Å². The highest BCUT2D eigenvalue weighted by Gasteiger charge is 2.13. The minimum absolute atomic E-state index is 0.313. The zero-order chi connectivity index (χ0) is 12.5. The van der Waals surface area contributed by atoms with Crippen LogP contribution in [0.15, 0.2) is 12.7 Å². The third kappa shape index (κ3) is 1.58. The first kappa shape index (κ1) is 10.6. The fraction of sp³-hybridized carbons (Fsp3) is 0.300. The van der Waals surface area contributed by atoms with Crippen molar-refractivity contribution in [3.63, 3.8) is 0 Å². The van der Waals surface area contributed by atoms with E-state index in [0.717, 1.165) is 12.8 Å². The molecule has 18 heavy (non-hydrogen) atoms. The van der Waals surface area contributed by atoms with E-state index in [1.165, 1.54) is 11.0 Å². The van der Waals surface area contributed by atoms with E-state index in [0.29, 0.717) is 28.8 Å². The maximum Gasteiger partial charge on any atom is 0.225 e. The number of anilines is 1. The van der Waals surface area contributed by atoms with Crippen molar-refractivity contribution >= 4 is 17.1 Å². The molecule has 92 valence electrons. The summed E-state index contributed by atoms with van der Waals surface area (Å²) in [4.78, 5) is 19.5. The molecule has 0 unspecified atom stereocenters. The SMILES string of the molecule is CCCc1nc(N)n(-c2ncnc3nc[nH]c23)n1. The molecule has 0 spiro atoms. The first-order chi connectivity index (χ1) is 8.79. The van der Waals surface area contributed by atoms with Crippen molar-refractivity contribution < 1.29 is 0 Å². The van der Waals surface area contributed by atoms with Crippen molar-refractivity contribution in [2.75, 3.05) is 5.73 Å². The smallest absolute Gasteiger partial charge is 0.225 e. The van der Waals surface area contributed by atoms with Gasteiger partial charge in [-0.25, -0.2) is 15.0 Å². The number of nitrogens with one attached hydrogen (secondary N) is 1. The summed E-state index contributed by atoms with van der Waals surface area (Å²) in [5.74, 6) is 1.58. The predicted octanol–water partition coefficient (Wildman–Crippen LogP) is 0.468. The Morgan fingerprint density at radius 3 is 3.06 bits per heavy atom. The molecule has 0 amide bonds. The van der Waals surface area contributed by atoms with Gasteiger partial charge >= 0.3 is 0 Å². The number of nitrogen functional groups attached to an aromatic ring is 1. The van der Waals surface area contributed by atoms with Gasteiger partial charge in [0.2, 0.25) is 5.95 Å². The Labute approximate surface area is 102 Å². The van der Waals surface area contributed by atoms with E-state index in [1.807, 2.05) is 0 Å². The first-order valence-corrected chi connectivity index (χ1v) is 5.65. The molecule has 3 N–H and O–H groups in total. The maximum absolute atomic E-state index is 5.86. The van der Waals surface area contributed by atoms with Crippen molar-refractivity contribution in [2.45, 2.75) is 19.8 Å². The molecule has 0 aliphatic heterocycles. The molecule has 0 radical (unpaired) electrons. The topological polar surface area (TPSA) is 111 Å². The third-order valence-corrected chi connectivity index (χ3v) is 2.55. The van der Waals surface area contributed by atoms with Crippen molar-refractivity contribution in [1.82, 2.24) is 34.7 Å². The second-order valence-electron chi connectivity index (χ2n) is 3.85. The van der Waals surface area contributed by atoms with Crippen LogP contribution >= 0.6 is 0 Å². The van der Waals surface area contributed by atoms with Crippen LogP contribution in [0.25, 0.3) is 17.0 Å². The van der Waals surface area contributed by atoms with Crippen LogP contribution in [0, 0.1) is 0 Å². The molecule has 0 atom stereocenters. The Morgan fingerprint density at radius 1 is 1.33 bits per heavy atom. The summed E-state index contributed by atoms with van der Waals surface area (Å²) in [5.41, 5.74) is 7.13. The van der Waals surface area contributed by atoms with Gasteiger partial charge in [0.1, 0.15) is 11.8 Å². The number of nitrogens with two attached hydrogens (primary N) is 1. The quantitative estimate of drug-likeness (QED) is 0.692. The standard InChI is InChI=1S/C10H12N8/c1-2-3-6-16-10(11)18(17-6)9-7-8(13-4-12-7)14-5-15-9/h4-5H,2-3H2,1H3,(H2,11,16,17)(H,12,13,14,15).